The van der Waals surface area contributed by atoms with E-state index in [2.05, 4.69) is 20.6 Å². The van der Waals surface area contributed by atoms with Crippen LogP contribution in [0.5, 0.6) is 11.6 Å². The van der Waals surface area contributed by atoms with Crippen LogP contribution in [-0.2, 0) is 13.1 Å². The second-order valence-corrected chi connectivity index (χ2v) is 5.90. The number of guanidine groups is 1. The highest BCUT2D eigenvalue weighted by molar-refractivity contribution is 5.79. The molecule has 0 atom stereocenters. The van der Waals surface area contributed by atoms with Crippen molar-refractivity contribution in [3.8, 4) is 11.6 Å². The van der Waals surface area contributed by atoms with Crippen molar-refractivity contribution in [2.24, 2.45) is 4.99 Å². The Kier molecular flexibility index (Phi) is 6.51. The zero-order chi connectivity index (χ0) is 19.8. The van der Waals surface area contributed by atoms with Crippen LogP contribution in [-0.4, -0.2) is 18.0 Å². The minimum Gasteiger partial charge on any atom is -0.439 e. The van der Waals surface area contributed by atoms with E-state index in [-0.39, 0.29) is 11.6 Å². The van der Waals surface area contributed by atoms with Crippen LogP contribution in [0.4, 0.5) is 8.78 Å². The molecule has 0 aliphatic carbocycles. The molecule has 0 aliphatic heterocycles. The molecule has 3 aromatic rings. The van der Waals surface area contributed by atoms with Gasteiger partial charge in [0.15, 0.2) is 5.96 Å². The van der Waals surface area contributed by atoms with Crippen LogP contribution in [0.1, 0.15) is 11.1 Å². The number of aliphatic imine (C=N–C) groups is 1. The van der Waals surface area contributed by atoms with Gasteiger partial charge in [0.1, 0.15) is 17.4 Å². The van der Waals surface area contributed by atoms with Crippen molar-refractivity contribution in [2.45, 2.75) is 13.1 Å². The van der Waals surface area contributed by atoms with Gasteiger partial charge in [0, 0.05) is 43.5 Å². The van der Waals surface area contributed by atoms with Gasteiger partial charge >= 0.3 is 0 Å². The molecule has 28 heavy (non-hydrogen) atoms. The lowest BCUT2D eigenvalue weighted by molar-refractivity contribution is 0.450. The lowest BCUT2D eigenvalue weighted by atomic mass is 10.2. The first-order valence-electron chi connectivity index (χ1n) is 8.71. The second-order valence-electron chi connectivity index (χ2n) is 5.90. The largest absolute Gasteiger partial charge is 0.439 e. The van der Waals surface area contributed by atoms with Gasteiger partial charge in [-0.3, -0.25) is 4.99 Å². The maximum absolute atomic E-state index is 13.7. The zero-order valence-electron chi connectivity index (χ0n) is 15.3. The van der Waals surface area contributed by atoms with Crippen LogP contribution in [0.2, 0.25) is 0 Å². The Bertz CT molecular complexity index is 962. The molecule has 2 N–H and O–H groups in total. The van der Waals surface area contributed by atoms with E-state index < -0.39 is 0 Å². The third-order valence-electron chi connectivity index (χ3n) is 3.93. The topological polar surface area (TPSA) is 58.5 Å². The van der Waals surface area contributed by atoms with Gasteiger partial charge in [-0.1, -0.05) is 30.3 Å². The van der Waals surface area contributed by atoms with Crippen molar-refractivity contribution in [3.05, 3.63) is 89.6 Å². The fourth-order valence-corrected chi connectivity index (χ4v) is 2.51. The summed E-state index contributed by atoms with van der Waals surface area (Å²) in [5.74, 6) is 0.574. The Morgan fingerprint density at radius 1 is 0.964 bits per heavy atom. The maximum Gasteiger partial charge on any atom is 0.224 e. The Balaban J connectivity index is 1.62. The van der Waals surface area contributed by atoms with E-state index in [0.29, 0.717) is 36.2 Å². The summed E-state index contributed by atoms with van der Waals surface area (Å²) in [6.45, 7) is 0.668. The minimum absolute atomic E-state index is 0.275. The van der Waals surface area contributed by atoms with E-state index in [9.17, 15) is 8.78 Å². The predicted octanol–water partition coefficient (Wildman–Crippen LogP) is 4.02. The SMILES string of the molecule is CN=C(NCc1ccccc1F)NCc1cccnc1Oc1cccc(F)c1. The third-order valence-corrected chi connectivity index (χ3v) is 3.93. The van der Waals surface area contributed by atoms with Gasteiger partial charge in [0.2, 0.25) is 5.88 Å². The molecule has 7 heteroatoms. The summed E-state index contributed by atoms with van der Waals surface area (Å²) in [4.78, 5) is 8.35. The molecular formula is C21H20F2N4O. The molecule has 0 bridgehead atoms. The van der Waals surface area contributed by atoms with Crippen molar-refractivity contribution >= 4 is 5.96 Å². The first-order valence-corrected chi connectivity index (χ1v) is 8.71. The number of halogens is 2. The molecule has 0 unspecified atom stereocenters. The number of hydrogen-bond donors (Lipinski definition) is 2. The molecule has 0 aliphatic rings. The molecule has 5 nitrogen and oxygen atoms in total. The second kappa shape index (κ2) is 9.45. The Morgan fingerprint density at radius 2 is 1.71 bits per heavy atom. The Morgan fingerprint density at radius 3 is 2.46 bits per heavy atom. The first kappa shape index (κ1) is 19.3. The van der Waals surface area contributed by atoms with Gasteiger partial charge in [0.05, 0.1) is 0 Å². The summed E-state index contributed by atoms with van der Waals surface area (Å²) in [7, 11) is 1.63. The van der Waals surface area contributed by atoms with Crippen LogP contribution in [0.25, 0.3) is 0 Å². The highest BCUT2D eigenvalue weighted by Crippen LogP contribution is 2.23. The molecule has 3 rings (SSSR count). The number of aromatic nitrogens is 1. The Hall–Kier alpha value is -3.48. The summed E-state index contributed by atoms with van der Waals surface area (Å²) < 4.78 is 32.8. The third kappa shape index (κ3) is 5.26. The number of nitrogens with one attached hydrogen (secondary N) is 2. The first-order chi connectivity index (χ1) is 13.7. The average Bonchev–Trinajstić information content (AvgIpc) is 2.70. The van der Waals surface area contributed by atoms with Crippen molar-refractivity contribution in [1.82, 2.24) is 15.6 Å². The summed E-state index contributed by atoms with van der Waals surface area (Å²) in [5, 5.41) is 6.20. The minimum atomic E-state index is -0.383. The van der Waals surface area contributed by atoms with Crippen molar-refractivity contribution in [2.75, 3.05) is 7.05 Å². The maximum atomic E-state index is 13.7. The number of pyridine rings is 1. The van der Waals surface area contributed by atoms with Crippen molar-refractivity contribution in [3.63, 3.8) is 0 Å². The molecule has 1 heterocycles. The number of nitrogens with zero attached hydrogens (tertiary/aromatic N) is 2. The summed E-state index contributed by atoms with van der Waals surface area (Å²) in [6, 6.07) is 16.0. The molecule has 0 spiro atoms. The van der Waals surface area contributed by atoms with Crippen molar-refractivity contribution in [1.29, 1.82) is 0 Å². The van der Waals surface area contributed by atoms with E-state index in [1.54, 1.807) is 49.6 Å². The monoisotopic (exact) mass is 382 g/mol. The summed E-state index contributed by atoms with van der Waals surface area (Å²) >= 11 is 0. The van der Waals surface area contributed by atoms with Gasteiger partial charge in [-0.25, -0.2) is 13.8 Å². The molecule has 2 aromatic carbocycles. The fraction of sp³-hybridized carbons (Fsp3) is 0.143. The van der Waals surface area contributed by atoms with E-state index in [1.165, 1.54) is 18.2 Å². The number of rotatable bonds is 6. The van der Waals surface area contributed by atoms with Gasteiger partial charge < -0.3 is 15.4 Å². The highest BCUT2D eigenvalue weighted by atomic mass is 19.1. The number of hydrogen-bond acceptors (Lipinski definition) is 3. The van der Waals surface area contributed by atoms with E-state index in [4.69, 9.17) is 4.74 Å². The summed E-state index contributed by atoms with van der Waals surface area (Å²) in [6.07, 6.45) is 1.60. The van der Waals surface area contributed by atoms with E-state index >= 15 is 0 Å². The molecular weight excluding hydrogens is 362 g/mol. The molecule has 0 radical (unpaired) electrons. The average molecular weight is 382 g/mol. The quantitative estimate of drug-likeness (QED) is 0.499. The van der Waals surface area contributed by atoms with Gasteiger partial charge in [0.25, 0.3) is 0 Å². The zero-order valence-corrected chi connectivity index (χ0v) is 15.3. The normalized spacial score (nSPS) is 11.2. The molecule has 144 valence electrons. The smallest absolute Gasteiger partial charge is 0.224 e. The van der Waals surface area contributed by atoms with Crippen LogP contribution in [0.15, 0.2) is 71.9 Å². The number of benzene rings is 2. The molecule has 0 saturated carbocycles. The van der Waals surface area contributed by atoms with E-state index in [1.807, 2.05) is 6.07 Å². The van der Waals surface area contributed by atoms with Crippen LogP contribution in [0, 0.1) is 11.6 Å². The van der Waals surface area contributed by atoms with Crippen LogP contribution >= 0.6 is 0 Å². The Labute approximate surface area is 162 Å². The number of ether oxygens (including phenoxy) is 1. The van der Waals surface area contributed by atoms with Gasteiger partial charge in [-0.05, 0) is 24.3 Å². The fourth-order valence-electron chi connectivity index (χ4n) is 2.51. The molecule has 0 amide bonds. The van der Waals surface area contributed by atoms with Crippen molar-refractivity contribution < 1.29 is 13.5 Å². The lowest BCUT2D eigenvalue weighted by Gasteiger charge is -2.14. The highest BCUT2D eigenvalue weighted by Gasteiger charge is 2.08. The van der Waals surface area contributed by atoms with Crippen LogP contribution < -0.4 is 15.4 Å². The lowest BCUT2D eigenvalue weighted by Crippen LogP contribution is -2.36. The van der Waals surface area contributed by atoms with E-state index in [0.717, 1.165) is 5.56 Å². The molecule has 0 saturated heterocycles. The standard InChI is InChI=1S/C21H20F2N4O/c1-24-21(26-13-15-6-2-3-10-19(15)23)27-14-16-7-5-11-25-20(16)28-18-9-4-8-17(22)12-18/h2-12H,13-14H2,1H3,(H2,24,26,27). The van der Waals surface area contributed by atoms with Gasteiger partial charge in [-0.2, -0.15) is 0 Å². The van der Waals surface area contributed by atoms with Crippen LogP contribution in [0.3, 0.4) is 0 Å². The summed E-state index contributed by atoms with van der Waals surface area (Å²) in [5.41, 5.74) is 1.31. The van der Waals surface area contributed by atoms with Gasteiger partial charge in [-0.15, -0.1) is 0 Å². The molecule has 1 aromatic heterocycles. The predicted molar refractivity (Wildman–Crippen MR) is 104 cm³/mol. The molecule has 0 fully saturated rings.